The lowest BCUT2D eigenvalue weighted by Gasteiger charge is -2.15. The molecule has 3 N–H and O–H groups in total. The van der Waals surface area contributed by atoms with Crippen molar-refractivity contribution in [1.29, 1.82) is 0 Å². The first kappa shape index (κ1) is 17.7. The normalized spacial score (nSPS) is 16.5. The number of hydrogen-bond acceptors (Lipinski definition) is 3. The van der Waals surface area contributed by atoms with E-state index in [1.54, 1.807) is 18.2 Å². The lowest BCUT2D eigenvalue weighted by atomic mass is 10.1. The summed E-state index contributed by atoms with van der Waals surface area (Å²) in [5, 5.41) is 14.6. The van der Waals surface area contributed by atoms with Gasteiger partial charge in [-0.2, -0.15) is 0 Å². The van der Waals surface area contributed by atoms with E-state index in [9.17, 15) is 19.5 Å². The molecule has 2 rings (SSSR count). The molecule has 24 heavy (non-hydrogen) atoms. The summed E-state index contributed by atoms with van der Waals surface area (Å²) in [6, 6.07) is -0.906. The van der Waals surface area contributed by atoms with E-state index in [1.165, 1.54) is 0 Å². The third kappa shape index (κ3) is 5.22. The fourth-order valence-corrected chi connectivity index (χ4v) is 2.53. The van der Waals surface area contributed by atoms with Crippen molar-refractivity contribution in [3.8, 4) is 0 Å². The Morgan fingerprint density at radius 3 is 2.17 bits per heavy atom. The largest absolute Gasteiger partial charge is 0.480 e. The van der Waals surface area contributed by atoms with E-state index >= 15 is 0 Å². The maximum atomic E-state index is 11.9. The Bertz CT molecular complexity index is 629. The van der Waals surface area contributed by atoms with Gasteiger partial charge in [-0.15, -0.1) is 0 Å². The zero-order chi connectivity index (χ0) is 17.4. The van der Waals surface area contributed by atoms with E-state index in [-0.39, 0.29) is 11.8 Å². The standard InChI is InChI=1S/C18H22N2O4/c21-16(13-7-1-2-8-13)19-12-6-5-11-15(18(23)24)20-17(22)14-9-3-4-10-14/h1-4,7,9,15H,5-6,8,10-12H2,(H,19,21)(H,20,22)(H,23,24). The van der Waals surface area contributed by atoms with Gasteiger partial charge in [-0.3, -0.25) is 9.59 Å². The van der Waals surface area contributed by atoms with E-state index in [0.29, 0.717) is 44.2 Å². The molecule has 2 amide bonds. The van der Waals surface area contributed by atoms with Gasteiger partial charge < -0.3 is 15.7 Å². The lowest BCUT2D eigenvalue weighted by molar-refractivity contribution is -0.141. The molecule has 0 radical (unpaired) electrons. The van der Waals surface area contributed by atoms with Crippen molar-refractivity contribution in [3.05, 3.63) is 47.6 Å². The first-order chi connectivity index (χ1) is 11.6. The van der Waals surface area contributed by atoms with Crippen LogP contribution < -0.4 is 10.6 Å². The van der Waals surface area contributed by atoms with Crippen molar-refractivity contribution in [1.82, 2.24) is 10.6 Å². The average molecular weight is 330 g/mol. The molecule has 0 aromatic carbocycles. The highest BCUT2D eigenvalue weighted by Gasteiger charge is 2.21. The zero-order valence-corrected chi connectivity index (χ0v) is 13.5. The van der Waals surface area contributed by atoms with E-state index in [2.05, 4.69) is 10.6 Å². The van der Waals surface area contributed by atoms with Crippen LogP contribution in [-0.2, 0) is 14.4 Å². The highest BCUT2D eigenvalue weighted by atomic mass is 16.4. The molecule has 0 aromatic heterocycles. The molecule has 2 aliphatic carbocycles. The molecule has 0 bridgehead atoms. The minimum Gasteiger partial charge on any atom is -0.480 e. The second kappa shape index (κ2) is 8.86. The molecule has 1 unspecified atom stereocenters. The lowest BCUT2D eigenvalue weighted by Crippen LogP contribution is -2.41. The van der Waals surface area contributed by atoms with E-state index in [0.717, 1.165) is 5.57 Å². The van der Waals surface area contributed by atoms with Crippen LogP contribution in [0.3, 0.4) is 0 Å². The highest BCUT2D eigenvalue weighted by Crippen LogP contribution is 2.12. The molecule has 128 valence electrons. The Labute approximate surface area is 141 Å². The van der Waals surface area contributed by atoms with Crippen LogP contribution >= 0.6 is 0 Å². The fraction of sp³-hybridized carbons (Fsp3) is 0.389. The van der Waals surface area contributed by atoms with Crippen molar-refractivity contribution < 1.29 is 19.5 Å². The number of carboxylic acid groups (broad SMARTS) is 1. The number of aliphatic carboxylic acids is 1. The molecular weight excluding hydrogens is 308 g/mol. The minimum absolute atomic E-state index is 0.0799. The third-order valence-corrected chi connectivity index (χ3v) is 3.93. The zero-order valence-electron chi connectivity index (χ0n) is 13.5. The predicted molar refractivity (Wildman–Crippen MR) is 90.1 cm³/mol. The molecule has 0 aliphatic heterocycles. The Hall–Kier alpha value is -2.63. The Kier molecular flexibility index (Phi) is 6.54. The molecule has 0 aromatic rings. The molecular formula is C18H22N2O4. The summed E-state index contributed by atoms with van der Waals surface area (Å²) in [5.74, 6) is -1.45. The fourth-order valence-electron chi connectivity index (χ4n) is 2.53. The van der Waals surface area contributed by atoms with Crippen molar-refractivity contribution in [2.75, 3.05) is 6.54 Å². The second-order valence-electron chi connectivity index (χ2n) is 5.76. The van der Waals surface area contributed by atoms with Gasteiger partial charge >= 0.3 is 5.97 Å². The van der Waals surface area contributed by atoms with Gasteiger partial charge in [0.15, 0.2) is 0 Å². The summed E-state index contributed by atoms with van der Waals surface area (Å²) in [6.07, 6.45) is 13.7. The predicted octanol–water partition coefficient (Wildman–Crippen LogP) is 1.61. The van der Waals surface area contributed by atoms with Crippen LogP contribution in [0.1, 0.15) is 32.1 Å². The van der Waals surface area contributed by atoms with E-state index in [1.807, 2.05) is 18.2 Å². The number of amides is 2. The quantitative estimate of drug-likeness (QED) is 0.560. The summed E-state index contributed by atoms with van der Waals surface area (Å²) >= 11 is 0. The van der Waals surface area contributed by atoms with Gasteiger partial charge in [-0.1, -0.05) is 36.5 Å². The van der Waals surface area contributed by atoms with Crippen molar-refractivity contribution in [3.63, 3.8) is 0 Å². The van der Waals surface area contributed by atoms with Gasteiger partial charge in [0, 0.05) is 17.7 Å². The highest BCUT2D eigenvalue weighted by molar-refractivity contribution is 5.97. The smallest absolute Gasteiger partial charge is 0.326 e. The molecule has 6 nitrogen and oxygen atoms in total. The van der Waals surface area contributed by atoms with Gasteiger partial charge in [0.25, 0.3) is 0 Å². The molecule has 0 saturated heterocycles. The summed E-state index contributed by atoms with van der Waals surface area (Å²) < 4.78 is 0. The Morgan fingerprint density at radius 2 is 1.62 bits per heavy atom. The first-order valence-corrected chi connectivity index (χ1v) is 8.11. The van der Waals surface area contributed by atoms with E-state index in [4.69, 9.17) is 0 Å². The molecule has 0 fully saturated rings. The first-order valence-electron chi connectivity index (χ1n) is 8.11. The average Bonchev–Trinajstić information content (AvgIpc) is 3.25. The molecule has 0 saturated carbocycles. The minimum atomic E-state index is -1.04. The van der Waals surface area contributed by atoms with Crippen LogP contribution in [0.15, 0.2) is 47.6 Å². The van der Waals surface area contributed by atoms with Gasteiger partial charge in [0.05, 0.1) is 0 Å². The second-order valence-corrected chi connectivity index (χ2v) is 5.76. The Morgan fingerprint density at radius 1 is 1.00 bits per heavy atom. The molecule has 0 heterocycles. The van der Waals surface area contributed by atoms with Crippen LogP contribution in [0.2, 0.25) is 0 Å². The summed E-state index contributed by atoms with van der Waals surface area (Å²) in [6.45, 7) is 0.492. The number of rotatable bonds is 9. The van der Waals surface area contributed by atoms with Gasteiger partial charge in [-0.05, 0) is 32.1 Å². The van der Waals surface area contributed by atoms with Crippen LogP contribution in [0, 0.1) is 0 Å². The van der Waals surface area contributed by atoms with Crippen molar-refractivity contribution in [2.45, 2.75) is 38.1 Å². The maximum Gasteiger partial charge on any atom is 0.326 e. The van der Waals surface area contributed by atoms with Gasteiger partial charge in [-0.25, -0.2) is 4.79 Å². The topological polar surface area (TPSA) is 95.5 Å². The maximum absolute atomic E-state index is 11.9. The number of unbranched alkanes of at least 4 members (excludes halogenated alkanes) is 1. The monoisotopic (exact) mass is 330 g/mol. The van der Waals surface area contributed by atoms with Gasteiger partial charge in [0.2, 0.25) is 11.8 Å². The van der Waals surface area contributed by atoms with Crippen LogP contribution in [0.4, 0.5) is 0 Å². The van der Waals surface area contributed by atoms with Crippen LogP contribution in [-0.4, -0.2) is 35.5 Å². The number of nitrogens with one attached hydrogen (secondary N) is 2. The van der Waals surface area contributed by atoms with Crippen LogP contribution in [0.5, 0.6) is 0 Å². The van der Waals surface area contributed by atoms with Crippen LogP contribution in [0.25, 0.3) is 0 Å². The Balaban J connectivity index is 1.65. The number of allylic oxidation sites excluding steroid dienone is 6. The molecule has 1 atom stereocenters. The molecule has 0 spiro atoms. The molecule has 6 heteroatoms. The SMILES string of the molecule is O=C(NCCCCC(NC(=O)C1=CC=CC1)C(=O)O)C1=CC=CC1. The van der Waals surface area contributed by atoms with Crippen molar-refractivity contribution in [2.24, 2.45) is 0 Å². The number of carbonyl (C=O) groups excluding carboxylic acids is 2. The van der Waals surface area contributed by atoms with Crippen molar-refractivity contribution >= 4 is 17.8 Å². The number of carboxylic acids is 1. The third-order valence-electron chi connectivity index (χ3n) is 3.93. The molecule has 2 aliphatic rings. The number of carbonyl (C=O) groups is 3. The summed E-state index contributed by atoms with van der Waals surface area (Å²) in [4.78, 5) is 35.0. The van der Waals surface area contributed by atoms with E-state index < -0.39 is 12.0 Å². The van der Waals surface area contributed by atoms with Gasteiger partial charge in [0.1, 0.15) is 6.04 Å². The number of hydrogen-bond donors (Lipinski definition) is 3. The summed E-state index contributed by atoms with van der Waals surface area (Å²) in [7, 11) is 0. The summed E-state index contributed by atoms with van der Waals surface area (Å²) in [5.41, 5.74) is 1.32.